The van der Waals surface area contributed by atoms with Crippen molar-refractivity contribution >= 4 is 28.5 Å². The van der Waals surface area contributed by atoms with Crippen molar-refractivity contribution < 1.29 is 9.53 Å². The van der Waals surface area contributed by atoms with E-state index >= 15 is 0 Å². The van der Waals surface area contributed by atoms with Gasteiger partial charge in [0, 0.05) is 6.42 Å². The zero-order valence-electron chi connectivity index (χ0n) is 13.2. The maximum Gasteiger partial charge on any atom is 0.165 e. The maximum atomic E-state index is 11.6. The summed E-state index contributed by atoms with van der Waals surface area (Å²) >= 11 is 6.04. The second-order valence-corrected chi connectivity index (χ2v) is 5.91. The fraction of sp³-hybridized carbons (Fsp3) is 0.294. The van der Waals surface area contributed by atoms with Crippen molar-refractivity contribution in [3.05, 3.63) is 53.7 Å². The third-order valence-electron chi connectivity index (χ3n) is 3.65. The summed E-state index contributed by atoms with van der Waals surface area (Å²) in [5.74, 6) is 0.0744. The topological polar surface area (TPSA) is 69.9 Å². The number of hydrogen-bond acceptors (Lipinski definition) is 5. The van der Waals surface area contributed by atoms with Crippen LogP contribution in [0, 0.1) is 0 Å². The Kier molecular flexibility index (Phi) is 5.17. The lowest BCUT2D eigenvalue weighted by Crippen LogP contribution is -2.18. The number of carbonyl (C=O) groups is 1. The van der Waals surface area contributed by atoms with Gasteiger partial charge in [-0.2, -0.15) is 0 Å². The van der Waals surface area contributed by atoms with E-state index in [0.717, 1.165) is 5.56 Å². The zero-order valence-corrected chi connectivity index (χ0v) is 14.0. The Balaban J connectivity index is 1.78. The summed E-state index contributed by atoms with van der Waals surface area (Å²) in [6.07, 6.45) is 3.35. The van der Waals surface area contributed by atoms with Gasteiger partial charge in [-0.05, 0) is 12.5 Å². The van der Waals surface area contributed by atoms with Gasteiger partial charge in [0.25, 0.3) is 0 Å². The molecule has 7 heteroatoms. The van der Waals surface area contributed by atoms with Gasteiger partial charge >= 0.3 is 0 Å². The number of Topliss-reactive ketones (excluding diaryl/α,β-unsaturated/α-hetero) is 1. The average molecular weight is 345 g/mol. The molecular weight excluding hydrogens is 328 g/mol. The van der Waals surface area contributed by atoms with Gasteiger partial charge in [0.1, 0.15) is 17.6 Å². The van der Waals surface area contributed by atoms with E-state index in [2.05, 4.69) is 15.0 Å². The van der Waals surface area contributed by atoms with Gasteiger partial charge in [-0.15, -0.1) is 0 Å². The molecule has 3 rings (SSSR count). The summed E-state index contributed by atoms with van der Waals surface area (Å²) in [4.78, 5) is 24.0. The molecule has 24 heavy (non-hydrogen) atoms. The van der Waals surface area contributed by atoms with Crippen molar-refractivity contribution in [2.24, 2.45) is 0 Å². The first-order valence-corrected chi connectivity index (χ1v) is 7.97. The predicted octanol–water partition coefficient (Wildman–Crippen LogP) is 3.22. The molecule has 0 N–H and O–H groups in total. The molecule has 3 aromatic rings. The van der Waals surface area contributed by atoms with Crippen molar-refractivity contribution in [1.82, 2.24) is 19.5 Å². The molecule has 1 atom stereocenters. The van der Waals surface area contributed by atoms with Gasteiger partial charge in [0.15, 0.2) is 10.8 Å². The first-order chi connectivity index (χ1) is 11.6. The molecule has 0 aliphatic heterocycles. The Hall–Kier alpha value is -2.31. The predicted molar refractivity (Wildman–Crippen MR) is 90.8 cm³/mol. The molecule has 2 aromatic heterocycles. The van der Waals surface area contributed by atoms with Gasteiger partial charge < -0.3 is 9.30 Å². The number of ketones is 1. The van der Waals surface area contributed by atoms with Crippen LogP contribution in [0.2, 0.25) is 5.15 Å². The third-order valence-corrected chi connectivity index (χ3v) is 3.93. The number of carbonyl (C=O) groups excluding carboxylic acids is 1. The highest BCUT2D eigenvalue weighted by molar-refractivity contribution is 6.33. The normalized spacial score (nSPS) is 12.4. The fourth-order valence-electron chi connectivity index (χ4n) is 2.55. The first-order valence-electron chi connectivity index (χ1n) is 7.59. The molecular formula is C17H17ClN4O2. The second-order valence-electron chi connectivity index (χ2n) is 5.55. The molecule has 0 saturated carbocycles. The number of benzene rings is 1. The number of halogens is 1. The molecule has 0 spiro atoms. The highest BCUT2D eigenvalue weighted by Crippen LogP contribution is 2.23. The Morgan fingerprint density at radius 3 is 2.79 bits per heavy atom. The van der Waals surface area contributed by atoms with E-state index in [-0.39, 0.29) is 11.8 Å². The average Bonchev–Trinajstić information content (AvgIpc) is 3.00. The molecule has 124 valence electrons. The monoisotopic (exact) mass is 344 g/mol. The summed E-state index contributed by atoms with van der Waals surface area (Å²) in [6.45, 7) is 2.42. The Labute approximate surface area is 144 Å². The van der Waals surface area contributed by atoms with Crippen LogP contribution in [0.1, 0.15) is 24.9 Å². The van der Waals surface area contributed by atoms with Crippen molar-refractivity contribution in [3.8, 4) is 0 Å². The highest BCUT2D eigenvalue weighted by Gasteiger charge is 2.18. The smallest absolute Gasteiger partial charge is 0.165 e. The zero-order chi connectivity index (χ0) is 16.9. The number of fused-ring (bicyclic) bond motifs is 1. The minimum absolute atomic E-state index is 0.0744. The number of ether oxygens (including phenoxy) is 1. The van der Waals surface area contributed by atoms with E-state index in [1.807, 2.05) is 34.9 Å². The molecule has 6 nitrogen and oxygen atoms in total. The SMILES string of the molecule is CC(=O)C[C@@H](COCc1ccccc1)n1cnc2c(Cl)ncnc21. The lowest BCUT2D eigenvalue weighted by Gasteiger charge is -2.18. The van der Waals surface area contributed by atoms with Crippen molar-refractivity contribution in [1.29, 1.82) is 0 Å². The van der Waals surface area contributed by atoms with Crippen molar-refractivity contribution in [2.45, 2.75) is 26.0 Å². The molecule has 2 heterocycles. The minimum atomic E-state index is -0.192. The lowest BCUT2D eigenvalue weighted by atomic mass is 10.1. The largest absolute Gasteiger partial charge is 0.375 e. The number of nitrogens with zero attached hydrogens (tertiary/aromatic N) is 4. The lowest BCUT2D eigenvalue weighted by molar-refractivity contribution is -0.118. The second kappa shape index (κ2) is 7.51. The molecule has 1 aromatic carbocycles. The van der Waals surface area contributed by atoms with Crippen LogP contribution in [0.4, 0.5) is 0 Å². The quantitative estimate of drug-likeness (QED) is 0.615. The van der Waals surface area contributed by atoms with Gasteiger partial charge in [0.05, 0.1) is 25.6 Å². The van der Waals surface area contributed by atoms with E-state index < -0.39 is 0 Å². The van der Waals surface area contributed by atoms with E-state index in [9.17, 15) is 4.79 Å². The standard InChI is InChI=1S/C17H17ClN4O2/c1-12(23)7-14(9-24-8-13-5-3-2-4-6-13)22-11-21-15-16(18)19-10-20-17(15)22/h2-6,10-11,14H,7-9H2,1H3/t14-/m0/s1. The molecule has 0 fully saturated rings. The van der Waals surface area contributed by atoms with E-state index in [1.54, 1.807) is 13.3 Å². The Morgan fingerprint density at radius 1 is 1.25 bits per heavy atom. The molecule has 0 bridgehead atoms. The minimum Gasteiger partial charge on any atom is -0.375 e. The van der Waals surface area contributed by atoms with Crippen LogP contribution in [0.5, 0.6) is 0 Å². The van der Waals surface area contributed by atoms with Gasteiger partial charge in [0.2, 0.25) is 0 Å². The Bertz CT molecular complexity index is 835. The summed E-state index contributed by atoms with van der Waals surface area (Å²) in [5.41, 5.74) is 2.21. The Morgan fingerprint density at radius 2 is 2.04 bits per heavy atom. The summed E-state index contributed by atoms with van der Waals surface area (Å²) < 4.78 is 7.64. The van der Waals surface area contributed by atoms with Crippen LogP contribution in [0.15, 0.2) is 43.0 Å². The van der Waals surface area contributed by atoms with Crippen LogP contribution >= 0.6 is 11.6 Å². The van der Waals surface area contributed by atoms with Crippen LogP contribution in [-0.2, 0) is 16.1 Å². The number of imidazole rings is 1. The van der Waals surface area contributed by atoms with E-state index in [4.69, 9.17) is 16.3 Å². The van der Waals surface area contributed by atoms with Crippen molar-refractivity contribution in [3.63, 3.8) is 0 Å². The first kappa shape index (κ1) is 16.5. The maximum absolute atomic E-state index is 11.6. The highest BCUT2D eigenvalue weighted by atomic mass is 35.5. The molecule has 0 amide bonds. The van der Waals surface area contributed by atoms with E-state index in [1.165, 1.54) is 6.33 Å². The molecule has 0 aliphatic rings. The van der Waals surface area contributed by atoms with Crippen LogP contribution in [0.25, 0.3) is 11.2 Å². The van der Waals surface area contributed by atoms with E-state index in [0.29, 0.717) is 36.0 Å². The van der Waals surface area contributed by atoms with Gasteiger partial charge in [-0.25, -0.2) is 15.0 Å². The van der Waals surface area contributed by atoms with Crippen LogP contribution in [-0.4, -0.2) is 31.9 Å². The number of hydrogen-bond donors (Lipinski definition) is 0. The molecule has 0 aliphatic carbocycles. The van der Waals surface area contributed by atoms with Crippen LogP contribution in [0.3, 0.4) is 0 Å². The summed E-state index contributed by atoms with van der Waals surface area (Å²) in [5, 5.41) is 0.297. The van der Waals surface area contributed by atoms with Crippen LogP contribution < -0.4 is 0 Å². The van der Waals surface area contributed by atoms with Gasteiger partial charge in [-0.1, -0.05) is 41.9 Å². The number of rotatable bonds is 7. The summed E-state index contributed by atoms with van der Waals surface area (Å²) in [6, 6.07) is 9.70. The molecule has 0 radical (unpaired) electrons. The molecule has 0 saturated heterocycles. The fourth-order valence-corrected chi connectivity index (χ4v) is 2.72. The van der Waals surface area contributed by atoms with Crippen molar-refractivity contribution in [2.75, 3.05) is 6.61 Å². The number of aromatic nitrogens is 4. The summed E-state index contributed by atoms with van der Waals surface area (Å²) in [7, 11) is 0. The van der Waals surface area contributed by atoms with Gasteiger partial charge in [-0.3, -0.25) is 4.79 Å². The molecule has 0 unspecified atom stereocenters. The third kappa shape index (κ3) is 3.77.